The van der Waals surface area contributed by atoms with Gasteiger partial charge in [-0.3, -0.25) is 10.1 Å². The third-order valence-corrected chi connectivity index (χ3v) is 3.92. The topological polar surface area (TPSA) is 56.0 Å². The number of nitro benzene ring substituents is 1. The van der Waals surface area contributed by atoms with Crippen molar-refractivity contribution in [3.8, 4) is 11.3 Å². The summed E-state index contributed by atoms with van der Waals surface area (Å²) in [4.78, 5) is 14.8. The second kappa shape index (κ2) is 5.04. The molecule has 0 spiro atoms. The lowest BCUT2D eigenvalue weighted by atomic mass is 10.1. The minimum atomic E-state index is -0.485. The fourth-order valence-electron chi connectivity index (χ4n) is 1.50. The van der Waals surface area contributed by atoms with Gasteiger partial charge in [-0.05, 0) is 6.07 Å². The second-order valence-electron chi connectivity index (χ2n) is 4.15. The molecule has 6 heteroatoms. The maximum atomic E-state index is 10.8. The standard InChI is InChI=1S/C12H11ClN2O2S/c1-7(2)12-14-10(6-18-12)8-3-4-9(13)11(5-8)15(16)17/h3-7H,1-2H3. The van der Waals surface area contributed by atoms with Gasteiger partial charge in [0.1, 0.15) is 5.02 Å². The molecule has 0 saturated heterocycles. The maximum absolute atomic E-state index is 10.8. The molecule has 0 fully saturated rings. The first-order valence-corrected chi connectivity index (χ1v) is 6.64. The van der Waals surface area contributed by atoms with E-state index in [4.69, 9.17) is 11.6 Å². The Morgan fingerprint density at radius 1 is 1.44 bits per heavy atom. The summed E-state index contributed by atoms with van der Waals surface area (Å²) < 4.78 is 0. The molecule has 0 aliphatic heterocycles. The van der Waals surface area contributed by atoms with Crippen LogP contribution in [0.1, 0.15) is 24.8 Å². The Morgan fingerprint density at radius 2 is 2.17 bits per heavy atom. The summed E-state index contributed by atoms with van der Waals surface area (Å²) in [6, 6.07) is 4.74. The van der Waals surface area contributed by atoms with Gasteiger partial charge in [0.2, 0.25) is 0 Å². The van der Waals surface area contributed by atoms with Crippen molar-refractivity contribution in [2.24, 2.45) is 0 Å². The van der Waals surface area contributed by atoms with Crippen LogP contribution in [0.4, 0.5) is 5.69 Å². The van der Waals surface area contributed by atoms with Gasteiger partial charge in [-0.2, -0.15) is 0 Å². The van der Waals surface area contributed by atoms with Crippen molar-refractivity contribution >= 4 is 28.6 Å². The first kappa shape index (κ1) is 13.0. The third kappa shape index (κ3) is 2.52. The molecule has 0 atom stereocenters. The van der Waals surface area contributed by atoms with Crippen molar-refractivity contribution < 1.29 is 4.92 Å². The number of hydrogen-bond donors (Lipinski definition) is 0. The number of rotatable bonds is 3. The van der Waals surface area contributed by atoms with Crippen molar-refractivity contribution in [2.45, 2.75) is 19.8 Å². The van der Waals surface area contributed by atoms with Crippen molar-refractivity contribution in [3.63, 3.8) is 0 Å². The molecule has 0 saturated carbocycles. The molecule has 0 radical (unpaired) electrons. The largest absolute Gasteiger partial charge is 0.288 e. The highest BCUT2D eigenvalue weighted by atomic mass is 35.5. The molecule has 0 amide bonds. The lowest BCUT2D eigenvalue weighted by Crippen LogP contribution is -1.90. The molecule has 18 heavy (non-hydrogen) atoms. The predicted octanol–water partition coefficient (Wildman–Crippen LogP) is 4.50. The summed E-state index contributed by atoms with van der Waals surface area (Å²) in [5.74, 6) is 0.353. The molecular formula is C12H11ClN2O2S. The quantitative estimate of drug-likeness (QED) is 0.615. The van der Waals surface area contributed by atoms with Crippen molar-refractivity contribution in [3.05, 3.63) is 43.7 Å². The van der Waals surface area contributed by atoms with Gasteiger partial charge in [-0.1, -0.05) is 31.5 Å². The lowest BCUT2D eigenvalue weighted by Gasteiger charge is -2.00. The Hall–Kier alpha value is -1.46. The monoisotopic (exact) mass is 282 g/mol. The first-order valence-electron chi connectivity index (χ1n) is 5.38. The molecule has 0 aliphatic carbocycles. The zero-order valence-corrected chi connectivity index (χ0v) is 11.5. The summed E-state index contributed by atoms with van der Waals surface area (Å²) >= 11 is 7.33. The average Bonchev–Trinajstić information content (AvgIpc) is 2.78. The third-order valence-electron chi connectivity index (χ3n) is 2.45. The van der Waals surface area contributed by atoms with Crippen LogP contribution in [-0.2, 0) is 0 Å². The Balaban J connectivity index is 2.44. The molecule has 1 heterocycles. The molecule has 0 unspecified atom stereocenters. The number of hydrogen-bond acceptors (Lipinski definition) is 4. The van der Waals surface area contributed by atoms with Gasteiger partial charge in [-0.15, -0.1) is 11.3 Å². The second-order valence-corrected chi connectivity index (χ2v) is 5.45. The van der Waals surface area contributed by atoms with Crippen LogP contribution < -0.4 is 0 Å². The Kier molecular flexibility index (Phi) is 3.63. The Morgan fingerprint density at radius 3 is 2.72 bits per heavy atom. The van der Waals surface area contributed by atoms with Crippen LogP contribution in [0.3, 0.4) is 0 Å². The molecular weight excluding hydrogens is 272 g/mol. The molecule has 0 aliphatic rings. The van der Waals surface area contributed by atoms with Crippen LogP contribution >= 0.6 is 22.9 Å². The van der Waals surface area contributed by atoms with Crippen LogP contribution in [0.25, 0.3) is 11.3 Å². The smallest absolute Gasteiger partial charge is 0.258 e. The number of halogens is 1. The highest BCUT2D eigenvalue weighted by Crippen LogP contribution is 2.32. The molecule has 94 valence electrons. The van der Waals surface area contributed by atoms with E-state index in [2.05, 4.69) is 18.8 Å². The van der Waals surface area contributed by atoms with Crippen molar-refractivity contribution in [1.82, 2.24) is 4.98 Å². The summed E-state index contributed by atoms with van der Waals surface area (Å²) in [6.45, 7) is 4.12. The van der Waals surface area contributed by atoms with Gasteiger partial charge in [0.25, 0.3) is 5.69 Å². The number of nitrogens with zero attached hydrogens (tertiary/aromatic N) is 2. The molecule has 2 rings (SSSR count). The fourth-order valence-corrected chi connectivity index (χ4v) is 2.53. The molecule has 1 aromatic carbocycles. The van der Waals surface area contributed by atoms with Crippen LogP contribution in [0, 0.1) is 10.1 Å². The van der Waals surface area contributed by atoms with Crippen LogP contribution in [0.5, 0.6) is 0 Å². The van der Waals surface area contributed by atoms with Gasteiger partial charge < -0.3 is 0 Å². The highest BCUT2D eigenvalue weighted by Gasteiger charge is 2.15. The minimum absolute atomic E-state index is 0.0896. The van der Waals surface area contributed by atoms with E-state index in [-0.39, 0.29) is 10.7 Å². The van der Waals surface area contributed by atoms with Gasteiger partial charge in [-0.25, -0.2) is 4.98 Å². The van der Waals surface area contributed by atoms with Crippen LogP contribution in [-0.4, -0.2) is 9.91 Å². The zero-order valence-electron chi connectivity index (χ0n) is 9.88. The van der Waals surface area contributed by atoms with E-state index in [0.717, 1.165) is 10.7 Å². The van der Waals surface area contributed by atoms with E-state index in [1.165, 1.54) is 12.1 Å². The van der Waals surface area contributed by atoms with Gasteiger partial charge in [0.05, 0.1) is 15.6 Å². The van der Waals surface area contributed by atoms with E-state index in [1.54, 1.807) is 17.4 Å². The predicted molar refractivity (Wildman–Crippen MR) is 73.3 cm³/mol. The van der Waals surface area contributed by atoms with Crippen LogP contribution in [0.15, 0.2) is 23.6 Å². The zero-order chi connectivity index (χ0) is 13.3. The van der Waals surface area contributed by atoms with E-state index >= 15 is 0 Å². The number of thiazole rings is 1. The summed E-state index contributed by atoms with van der Waals surface area (Å²) in [6.07, 6.45) is 0. The van der Waals surface area contributed by atoms with Gasteiger partial charge >= 0.3 is 0 Å². The summed E-state index contributed by atoms with van der Waals surface area (Å²) in [5, 5.41) is 13.9. The van der Waals surface area contributed by atoms with E-state index in [1.807, 2.05) is 5.38 Å². The van der Waals surface area contributed by atoms with Gasteiger partial charge in [0, 0.05) is 22.9 Å². The fraction of sp³-hybridized carbons (Fsp3) is 0.250. The maximum Gasteiger partial charge on any atom is 0.288 e. The van der Waals surface area contributed by atoms with Crippen molar-refractivity contribution in [2.75, 3.05) is 0 Å². The molecule has 0 bridgehead atoms. The average molecular weight is 283 g/mol. The summed E-state index contributed by atoms with van der Waals surface area (Å²) in [5.41, 5.74) is 1.38. The molecule has 1 aromatic heterocycles. The Bertz CT molecular complexity index is 596. The summed E-state index contributed by atoms with van der Waals surface area (Å²) in [7, 11) is 0. The number of benzene rings is 1. The molecule has 2 aromatic rings. The SMILES string of the molecule is CC(C)c1nc(-c2ccc(Cl)c([N+](=O)[O-])c2)cs1. The lowest BCUT2D eigenvalue weighted by molar-refractivity contribution is -0.384. The van der Waals surface area contributed by atoms with Gasteiger partial charge in [0.15, 0.2) is 0 Å². The van der Waals surface area contributed by atoms with E-state index < -0.39 is 4.92 Å². The highest BCUT2D eigenvalue weighted by molar-refractivity contribution is 7.10. The molecule has 0 N–H and O–H groups in total. The minimum Gasteiger partial charge on any atom is -0.258 e. The van der Waals surface area contributed by atoms with Crippen molar-refractivity contribution in [1.29, 1.82) is 0 Å². The number of nitro groups is 1. The Labute approximate surface area is 113 Å². The first-order chi connectivity index (χ1) is 8.49. The van der Waals surface area contributed by atoms with Crippen LogP contribution in [0.2, 0.25) is 5.02 Å². The molecule has 4 nitrogen and oxygen atoms in total. The number of aromatic nitrogens is 1. The normalized spacial score (nSPS) is 10.9. The van der Waals surface area contributed by atoms with E-state index in [9.17, 15) is 10.1 Å². The van der Waals surface area contributed by atoms with E-state index in [0.29, 0.717) is 11.5 Å².